The Bertz CT molecular complexity index is 473. The molecule has 0 saturated carbocycles. The molecule has 0 atom stereocenters. The Labute approximate surface area is 102 Å². The van der Waals surface area contributed by atoms with Crippen LogP contribution < -0.4 is 15.2 Å². The number of methoxy groups -OCH3 is 1. The van der Waals surface area contributed by atoms with Gasteiger partial charge in [-0.3, -0.25) is 0 Å². The van der Waals surface area contributed by atoms with Crippen molar-refractivity contribution in [3.05, 3.63) is 11.4 Å². The van der Waals surface area contributed by atoms with Crippen LogP contribution in [0.5, 0.6) is 5.75 Å². The summed E-state index contributed by atoms with van der Waals surface area (Å²) < 4.78 is 55.5. The lowest BCUT2D eigenvalue weighted by Gasteiger charge is -2.14. The molecule has 0 fully saturated rings. The van der Waals surface area contributed by atoms with E-state index in [1.165, 1.54) is 18.6 Å². The van der Waals surface area contributed by atoms with Crippen molar-refractivity contribution in [3.63, 3.8) is 0 Å². The van der Waals surface area contributed by atoms with Crippen LogP contribution in [0.25, 0.3) is 0 Å². The van der Waals surface area contributed by atoms with Gasteiger partial charge in [-0.2, -0.15) is 0 Å². The highest BCUT2D eigenvalue weighted by atomic mass is 32.2. The van der Waals surface area contributed by atoms with E-state index in [0.29, 0.717) is 0 Å². The molecule has 17 heavy (non-hydrogen) atoms. The van der Waals surface area contributed by atoms with Gasteiger partial charge in [-0.05, 0) is 11.4 Å². The summed E-state index contributed by atoms with van der Waals surface area (Å²) in [6, 6.07) is 1.44. The van der Waals surface area contributed by atoms with E-state index in [2.05, 4.69) is 0 Å². The Balaban J connectivity index is 2.83. The summed E-state index contributed by atoms with van der Waals surface area (Å²) in [5.74, 6) is -3.14. The normalized spacial score (nSPS) is 12.7. The molecular formula is C8H12F2N2O3S2. The van der Waals surface area contributed by atoms with Crippen molar-refractivity contribution in [2.75, 3.05) is 20.2 Å². The fourth-order valence-corrected chi connectivity index (χ4v) is 3.35. The minimum atomic E-state index is -4.00. The number of thiophene rings is 1. The van der Waals surface area contributed by atoms with E-state index in [1.807, 2.05) is 0 Å². The Morgan fingerprint density at radius 2 is 2.24 bits per heavy atom. The van der Waals surface area contributed by atoms with Gasteiger partial charge in [0.05, 0.1) is 20.2 Å². The molecule has 0 spiro atoms. The van der Waals surface area contributed by atoms with Crippen LogP contribution in [0.4, 0.5) is 8.78 Å². The fourth-order valence-electron chi connectivity index (χ4n) is 0.969. The maximum absolute atomic E-state index is 12.8. The minimum Gasteiger partial charge on any atom is -0.494 e. The van der Waals surface area contributed by atoms with Gasteiger partial charge in [0.25, 0.3) is 15.9 Å². The first-order valence-corrected chi connectivity index (χ1v) is 6.88. The van der Waals surface area contributed by atoms with Crippen molar-refractivity contribution in [2.45, 2.75) is 10.1 Å². The Morgan fingerprint density at radius 1 is 1.59 bits per heavy atom. The van der Waals surface area contributed by atoms with Gasteiger partial charge in [-0.25, -0.2) is 21.9 Å². The lowest BCUT2D eigenvalue weighted by molar-refractivity contribution is 0.0170. The molecular weight excluding hydrogens is 274 g/mol. The Kier molecular flexibility index (Phi) is 4.42. The molecule has 0 aliphatic heterocycles. The molecule has 1 aromatic rings. The smallest absolute Gasteiger partial charge is 0.273 e. The molecule has 0 amide bonds. The zero-order valence-corrected chi connectivity index (χ0v) is 10.6. The zero-order valence-electron chi connectivity index (χ0n) is 8.94. The van der Waals surface area contributed by atoms with E-state index >= 15 is 0 Å². The number of hydrogen-bond acceptors (Lipinski definition) is 5. The SMILES string of the molecule is COc1ccsc1S(=O)(=O)NCC(F)(F)CN. The van der Waals surface area contributed by atoms with E-state index in [-0.39, 0.29) is 9.96 Å². The minimum absolute atomic E-state index is 0.124. The molecule has 5 nitrogen and oxygen atoms in total. The maximum Gasteiger partial charge on any atom is 0.273 e. The molecule has 0 unspecified atom stereocenters. The Hall–Kier alpha value is -0.770. The Morgan fingerprint density at radius 3 is 2.76 bits per heavy atom. The number of halogens is 2. The second-order valence-electron chi connectivity index (χ2n) is 3.16. The monoisotopic (exact) mass is 286 g/mol. The molecule has 0 aliphatic rings. The van der Waals surface area contributed by atoms with Crippen LogP contribution in [-0.2, 0) is 10.0 Å². The standard InChI is InChI=1S/C8H12F2N2O3S2/c1-15-6-2-3-16-7(6)17(13,14)12-5-8(9,10)4-11/h2-3,12H,4-5,11H2,1H3. The quantitative estimate of drug-likeness (QED) is 0.803. The first-order valence-electron chi connectivity index (χ1n) is 4.51. The third kappa shape index (κ3) is 3.60. The van der Waals surface area contributed by atoms with E-state index < -0.39 is 29.0 Å². The summed E-state index contributed by atoms with van der Waals surface area (Å²) in [5.41, 5.74) is 4.80. The highest BCUT2D eigenvalue weighted by Gasteiger charge is 2.30. The highest BCUT2D eigenvalue weighted by Crippen LogP contribution is 2.29. The highest BCUT2D eigenvalue weighted by molar-refractivity contribution is 7.91. The van der Waals surface area contributed by atoms with Crippen LogP contribution in [-0.4, -0.2) is 34.5 Å². The van der Waals surface area contributed by atoms with E-state index in [1.54, 1.807) is 4.72 Å². The van der Waals surface area contributed by atoms with Crippen molar-refractivity contribution in [3.8, 4) is 5.75 Å². The number of rotatable bonds is 6. The van der Waals surface area contributed by atoms with Crippen molar-refractivity contribution in [1.82, 2.24) is 4.72 Å². The summed E-state index contributed by atoms with van der Waals surface area (Å²) in [5, 5.41) is 1.49. The predicted molar refractivity (Wildman–Crippen MR) is 60.1 cm³/mol. The fraction of sp³-hybridized carbons (Fsp3) is 0.500. The van der Waals surface area contributed by atoms with Crippen LogP contribution in [0.3, 0.4) is 0 Å². The third-order valence-corrected chi connectivity index (χ3v) is 4.73. The van der Waals surface area contributed by atoms with Gasteiger partial charge in [-0.1, -0.05) is 0 Å². The summed E-state index contributed by atoms with van der Waals surface area (Å²) >= 11 is 0.888. The van der Waals surface area contributed by atoms with Crippen molar-refractivity contribution >= 4 is 21.4 Å². The van der Waals surface area contributed by atoms with E-state index in [9.17, 15) is 17.2 Å². The average Bonchev–Trinajstić information content (AvgIpc) is 2.75. The lowest BCUT2D eigenvalue weighted by atomic mass is 10.3. The molecule has 0 aliphatic carbocycles. The van der Waals surface area contributed by atoms with E-state index in [4.69, 9.17) is 10.5 Å². The van der Waals surface area contributed by atoms with Gasteiger partial charge in [0.15, 0.2) is 4.21 Å². The van der Waals surface area contributed by atoms with Gasteiger partial charge in [0, 0.05) is 0 Å². The molecule has 9 heteroatoms. The molecule has 0 aromatic carbocycles. The lowest BCUT2D eigenvalue weighted by Crippen LogP contribution is -2.41. The first kappa shape index (κ1) is 14.3. The maximum atomic E-state index is 12.8. The molecule has 0 radical (unpaired) electrons. The van der Waals surface area contributed by atoms with E-state index in [0.717, 1.165) is 11.3 Å². The summed E-state index contributed by atoms with van der Waals surface area (Å²) in [7, 11) is -2.69. The number of sulfonamides is 1. The molecule has 98 valence electrons. The molecule has 0 saturated heterocycles. The van der Waals surface area contributed by atoms with Gasteiger partial charge in [-0.15, -0.1) is 11.3 Å². The number of hydrogen-bond donors (Lipinski definition) is 2. The van der Waals surface area contributed by atoms with Crippen LogP contribution in [0.1, 0.15) is 0 Å². The van der Waals surface area contributed by atoms with Crippen molar-refractivity contribution in [1.29, 1.82) is 0 Å². The summed E-state index contributed by atoms with van der Waals surface area (Å²) in [6.45, 7) is -1.95. The van der Waals surface area contributed by atoms with Crippen molar-refractivity contribution in [2.24, 2.45) is 5.73 Å². The van der Waals surface area contributed by atoms with Crippen LogP contribution in [0, 0.1) is 0 Å². The van der Waals surface area contributed by atoms with Crippen LogP contribution >= 0.6 is 11.3 Å². The number of nitrogens with one attached hydrogen (secondary N) is 1. The van der Waals surface area contributed by atoms with Gasteiger partial charge >= 0.3 is 0 Å². The molecule has 1 rings (SSSR count). The zero-order chi connectivity index (χ0) is 13.1. The average molecular weight is 286 g/mol. The molecule has 1 heterocycles. The van der Waals surface area contributed by atoms with Crippen LogP contribution in [0.2, 0.25) is 0 Å². The molecule has 0 bridgehead atoms. The second-order valence-corrected chi connectivity index (χ2v) is 6.04. The second kappa shape index (κ2) is 5.25. The summed E-state index contributed by atoms with van der Waals surface area (Å²) in [6.07, 6.45) is 0. The molecule has 1 aromatic heterocycles. The third-order valence-electron chi connectivity index (χ3n) is 1.88. The number of ether oxygens (including phenoxy) is 1. The van der Waals surface area contributed by atoms with Gasteiger partial charge in [0.2, 0.25) is 0 Å². The van der Waals surface area contributed by atoms with Gasteiger partial charge < -0.3 is 10.5 Å². The predicted octanol–water partition coefficient (Wildman–Crippen LogP) is 0.629. The first-order chi connectivity index (χ1) is 7.82. The van der Waals surface area contributed by atoms with Gasteiger partial charge in [0.1, 0.15) is 5.75 Å². The van der Waals surface area contributed by atoms with Crippen LogP contribution in [0.15, 0.2) is 15.7 Å². The molecule has 3 N–H and O–H groups in total. The van der Waals surface area contributed by atoms with Crippen molar-refractivity contribution < 1.29 is 21.9 Å². The number of alkyl halides is 2. The summed E-state index contributed by atoms with van der Waals surface area (Å²) in [4.78, 5) is 0. The number of nitrogens with two attached hydrogens (primary N) is 1. The topological polar surface area (TPSA) is 81.4 Å². The largest absolute Gasteiger partial charge is 0.494 e.